The SMILES string of the molecule is Cc1occc1C(=O)N1CCC[C@H]1c1nnc2n1CCCCC2. The molecule has 6 heteroatoms. The third-order valence-electron chi connectivity index (χ3n) is 5.04. The van der Waals surface area contributed by atoms with Crippen LogP contribution >= 0.6 is 0 Å². The maximum absolute atomic E-state index is 12.9. The van der Waals surface area contributed by atoms with E-state index < -0.39 is 0 Å². The van der Waals surface area contributed by atoms with Gasteiger partial charge < -0.3 is 13.9 Å². The molecule has 2 aromatic rings. The fourth-order valence-corrected chi connectivity index (χ4v) is 3.79. The van der Waals surface area contributed by atoms with Crippen molar-refractivity contribution in [1.82, 2.24) is 19.7 Å². The molecule has 0 aliphatic carbocycles. The lowest BCUT2D eigenvalue weighted by atomic mass is 10.1. The summed E-state index contributed by atoms with van der Waals surface area (Å²) >= 11 is 0. The van der Waals surface area contributed by atoms with Gasteiger partial charge in [0.2, 0.25) is 0 Å². The van der Waals surface area contributed by atoms with E-state index in [1.165, 1.54) is 19.3 Å². The Hall–Kier alpha value is -2.11. The molecule has 1 atom stereocenters. The fourth-order valence-electron chi connectivity index (χ4n) is 3.79. The summed E-state index contributed by atoms with van der Waals surface area (Å²) in [4.78, 5) is 14.8. The van der Waals surface area contributed by atoms with E-state index in [1.54, 1.807) is 12.3 Å². The van der Waals surface area contributed by atoms with Gasteiger partial charge >= 0.3 is 0 Å². The topological polar surface area (TPSA) is 64.2 Å². The maximum atomic E-state index is 12.9. The van der Waals surface area contributed by atoms with Crippen molar-refractivity contribution in [2.45, 2.75) is 58.0 Å². The molecular weight excluding hydrogens is 292 g/mol. The first kappa shape index (κ1) is 14.5. The van der Waals surface area contributed by atoms with E-state index in [4.69, 9.17) is 4.42 Å². The highest BCUT2D eigenvalue weighted by Crippen LogP contribution is 2.33. The average molecular weight is 314 g/mol. The average Bonchev–Trinajstić information content (AvgIpc) is 3.23. The van der Waals surface area contributed by atoms with Gasteiger partial charge in [-0.3, -0.25) is 4.79 Å². The lowest BCUT2D eigenvalue weighted by Gasteiger charge is -2.24. The molecule has 1 fully saturated rings. The fraction of sp³-hybridized carbons (Fsp3) is 0.588. The molecule has 6 nitrogen and oxygen atoms in total. The molecular formula is C17H22N4O2. The number of amides is 1. The maximum Gasteiger partial charge on any atom is 0.258 e. The Labute approximate surface area is 135 Å². The summed E-state index contributed by atoms with van der Waals surface area (Å²) in [6, 6.07) is 1.80. The first-order valence-corrected chi connectivity index (χ1v) is 8.53. The smallest absolute Gasteiger partial charge is 0.258 e. The van der Waals surface area contributed by atoms with Crippen molar-refractivity contribution >= 4 is 5.91 Å². The predicted octanol–water partition coefficient (Wildman–Crippen LogP) is 2.88. The molecule has 0 N–H and O–H groups in total. The van der Waals surface area contributed by atoms with E-state index in [9.17, 15) is 4.79 Å². The Balaban J connectivity index is 1.65. The van der Waals surface area contributed by atoms with Gasteiger partial charge in [-0.25, -0.2) is 0 Å². The van der Waals surface area contributed by atoms with Crippen LogP contribution < -0.4 is 0 Å². The number of fused-ring (bicyclic) bond motifs is 1. The van der Waals surface area contributed by atoms with Crippen LogP contribution in [0.2, 0.25) is 0 Å². The molecule has 0 spiro atoms. The zero-order chi connectivity index (χ0) is 15.8. The standard InChI is InChI=1S/C17H22N4O2/c1-12-13(8-11-23-12)17(22)20-10-5-6-14(20)16-19-18-15-7-3-2-4-9-21(15)16/h8,11,14H,2-7,9-10H2,1H3/t14-/m0/s1. The van der Waals surface area contributed by atoms with E-state index in [2.05, 4.69) is 14.8 Å². The summed E-state index contributed by atoms with van der Waals surface area (Å²) in [6.07, 6.45) is 8.13. The van der Waals surface area contributed by atoms with Gasteiger partial charge in [-0.1, -0.05) is 6.42 Å². The summed E-state index contributed by atoms with van der Waals surface area (Å²) in [5.74, 6) is 2.77. The minimum atomic E-state index is 0.0381. The molecule has 1 saturated heterocycles. The number of hydrogen-bond donors (Lipinski definition) is 0. The van der Waals surface area contributed by atoms with Crippen LogP contribution in [0.3, 0.4) is 0 Å². The van der Waals surface area contributed by atoms with Crippen LogP contribution in [0.5, 0.6) is 0 Å². The van der Waals surface area contributed by atoms with Gasteiger partial charge in [-0.05, 0) is 38.7 Å². The zero-order valence-corrected chi connectivity index (χ0v) is 13.5. The van der Waals surface area contributed by atoms with E-state index in [0.29, 0.717) is 11.3 Å². The molecule has 0 radical (unpaired) electrons. The number of carbonyl (C=O) groups excluding carboxylic acids is 1. The van der Waals surface area contributed by atoms with Crippen molar-refractivity contribution in [2.75, 3.05) is 6.54 Å². The highest BCUT2D eigenvalue weighted by atomic mass is 16.3. The second-order valence-electron chi connectivity index (χ2n) is 6.48. The van der Waals surface area contributed by atoms with Crippen molar-refractivity contribution in [3.63, 3.8) is 0 Å². The Kier molecular flexibility index (Phi) is 3.67. The van der Waals surface area contributed by atoms with Crippen molar-refractivity contribution in [3.8, 4) is 0 Å². The molecule has 1 amide bonds. The minimum Gasteiger partial charge on any atom is -0.469 e. The normalized spacial score (nSPS) is 21.3. The highest BCUT2D eigenvalue weighted by Gasteiger charge is 2.35. The predicted molar refractivity (Wildman–Crippen MR) is 84.0 cm³/mol. The Morgan fingerprint density at radius 3 is 2.96 bits per heavy atom. The first-order chi connectivity index (χ1) is 11.3. The molecule has 2 aliphatic heterocycles. The third-order valence-corrected chi connectivity index (χ3v) is 5.04. The molecule has 0 saturated carbocycles. The van der Waals surface area contributed by atoms with Crippen molar-refractivity contribution in [3.05, 3.63) is 35.3 Å². The molecule has 4 rings (SSSR count). The van der Waals surface area contributed by atoms with Crippen LogP contribution in [0.15, 0.2) is 16.7 Å². The first-order valence-electron chi connectivity index (χ1n) is 8.53. The monoisotopic (exact) mass is 314 g/mol. The summed E-state index contributed by atoms with van der Waals surface area (Å²) < 4.78 is 7.55. The molecule has 0 bridgehead atoms. The number of carbonyl (C=O) groups is 1. The van der Waals surface area contributed by atoms with Crippen LogP contribution in [0.4, 0.5) is 0 Å². The number of aromatic nitrogens is 3. The minimum absolute atomic E-state index is 0.0381. The Bertz CT molecular complexity index is 718. The van der Waals surface area contributed by atoms with E-state index in [-0.39, 0.29) is 11.9 Å². The summed E-state index contributed by atoms with van der Waals surface area (Å²) in [5.41, 5.74) is 0.660. The Morgan fingerprint density at radius 1 is 1.22 bits per heavy atom. The molecule has 2 aliphatic rings. The third kappa shape index (κ3) is 2.46. The largest absolute Gasteiger partial charge is 0.469 e. The zero-order valence-electron chi connectivity index (χ0n) is 13.5. The molecule has 0 unspecified atom stereocenters. The number of hydrogen-bond acceptors (Lipinski definition) is 4. The number of nitrogens with zero attached hydrogens (tertiary/aromatic N) is 4. The van der Waals surface area contributed by atoms with Crippen molar-refractivity contribution in [1.29, 1.82) is 0 Å². The Morgan fingerprint density at radius 2 is 2.13 bits per heavy atom. The molecule has 0 aromatic carbocycles. The number of furan rings is 1. The number of aryl methyl sites for hydroxylation is 2. The van der Waals surface area contributed by atoms with Crippen LogP contribution in [0.25, 0.3) is 0 Å². The van der Waals surface area contributed by atoms with Gasteiger partial charge in [0.25, 0.3) is 5.91 Å². The van der Waals surface area contributed by atoms with E-state index in [0.717, 1.165) is 44.0 Å². The molecule has 2 aromatic heterocycles. The second-order valence-corrected chi connectivity index (χ2v) is 6.48. The lowest BCUT2D eigenvalue weighted by Crippen LogP contribution is -2.32. The molecule has 122 valence electrons. The molecule has 23 heavy (non-hydrogen) atoms. The van der Waals surface area contributed by atoms with Crippen LogP contribution in [0, 0.1) is 6.92 Å². The summed E-state index contributed by atoms with van der Waals surface area (Å²) in [7, 11) is 0. The van der Waals surface area contributed by atoms with Gasteiger partial charge in [0.15, 0.2) is 5.82 Å². The lowest BCUT2D eigenvalue weighted by molar-refractivity contribution is 0.0725. The van der Waals surface area contributed by atoms with E-state index >= 15 is 0 Å². The van der Waals surface area contributed by atoms with Crippen LogP contribution in [-0.4, -0.2) is 32.1 Å². The molecule has 4 heterocycles. The summed E-state index contributed by atoms with van der Waals surface area (Å²) in [6.45, 7) is 3.58. The number of rotatable bonds is 2. The van der Waals surface area contributed by atoms with Gasteiger partial charge in [-0.2, -0.15) is 0 Å². The van der Waals surface area contributed by atoms with Crippen molar-refractivity contribution in [2.24, 2.45) is 0 Å². The van der Waals surface area contributed by atoms with Crippen molar-refractivity contribution < 1.29 is 9.21 Å². The van der Waals surface area contributed by atoms with Gasteiger partial charge in [-0.15, -0.1) is 10.2 Å². The second kappa shape index (κ2) is 5.83. The van der Waals surface area contributed by atoms with E-state index in [1.807, 2.05) is 11.8 Å². The van der Waals surface area contributed by atoms with Gasteiger partial charge in [0, 0.05) is 19.5 Å². The summed E-state index contributed by atoms with van der Waals surface area (Å²) in [5, 5.41) is 8.85. The van der Waals surface area contributed by atoms with Gasteiger partial charge in [0.05, 0.1) is 17.9 Å². The van der Waals surface area contributed by atoms with Crippen LogP contribution in [-0.2, 0) is 13.0 Å². The highest BCUT2D eigenvalue weighted by molar-refractivity contribution is 5.95. The quantitative estimate of drug-likeness (QED) is 0.855. The number of likely N-dealkylation sites (tertiary alicyclic amines) is 1. The van der Waals surface area contributed by atoms with Crippen LogP contribution in [0.1, 0.15) is 65.9 Å². The van der Waals surface area contributed by atoms with Gasteiger partial charge in [0.1, 0.15) is 11.6 Å².